The van der Waals surface area contributed by atoms with E-state index in [1.165, 1.54) is 29.5 Å². The van der Waals surface area contributed by atoms with Crippen molar-refractivity contribution in [2.24, 2.45) is 0 Å². The van der Waals surface area contributed by atoms with Gasteiger partial charge in [0.1, 0.15) is 11.5 Å². The molecule has 0 amide bonds. The van der Waals surface area contributed by atoms with Crippen molar-refractivity contribution in [1.29, 1.82) is 0 Å². The highest BCUT2D eigenvalue weighted by atomic mass is 79.9. The van der Waals surface area contributed by atoms with Crippen molar-refractivity contribution in [2.75, 3.05) is 0 Å². The number of rotatable bonds is 5. The first-order chi connectivity index (χ1) is 11.9. The summed E-state index contributed by atoms with van der Waals surface area (Å²) in [6, 6.07) is 11.2. The quantitative estimate of drug-likeness (QED) is 0.205. The van der Waals surface area contributed by atoms with Crippen LogP contribution in [-0.2, 0) is 0 Å². The van der Waals surface area contributed by atoms with Crippen molar-refractivity contribution in [3.8, 4) is 11.3 Å². The number of benzene rings is 1. The second-order valence-electron chi connectivity index (χ2n) is 4.92. The van der Waals surface area contributed by atoms with Gasteiger partial charge in [0.25, 0.3) is 5.69 Å². The summed E-state index contributed by atoms with van der Waals surface area (Å²) in [6.07, 6.45) is 2.98. The van der Waals surface area contributed by atoms with E-state index in [1.54, 1.807) is 36.4 Å². The fourth-order valence-electron chi connectivity index (χ4n) is 2.09. The van der Waals surface area contributed by atoms with E-state index in [4.69, 9.17) is 16.0 Å². The summed E-state index contributed by atoms with van der Waals surface area (Å²) < 4.78 is 6.79. The number of ketones is 1. The van der Waals surface area contributed by atoms with Crippen LogP contribution >= 0.6 is 38.9 Å². The highest BCUT2D eigenvalue weighted by molar-refractivity contribution is 9.10. The van der Waals surface area contributed by atoms with E-state index in [0.29, 0.717) is 30.8 Å². The van der Waals surface area contributed by atoms with Crippen LogP contribution in [0, 0.1) is 10.1 Å². The first kappa shape index (κ1) is 17.6. The molecule has 0 radical (unpaired) electrons. The maximum absolute atomic E-state index is 12.0. The zero-order chi connectivity index (χ0) is 18.0. The molecule has 0 unspecified atom stereocenters. The Kier molecular flexibility index (Phi) is 5.17. The summed E-state index contributed by atoms with van der Waals surface area (Å²) >= 11 is 10.3. The Hall–Kier alpha value is -2.22. The molecule has 0 atom stereocenters. The summed E-state index contributed by atoms with van der Waals surface area (Å²) in [7, 11) is 0. The number of allylic oxidation sites excluding steroid dienone is 1. The molecule has 0 aliphatic heterocycles. The fraction of sp³-hybridized carbons (Fsp3) is 0. The highest BCUT2D eigenvalue weighted by Gasteiger charge is 2.13. The van der Waals surface area contributed by atoms with Crippen LogP contribution in [0.4, 0.5) is 5.69 Å². The van der Waals surface area contributed by atoms with Crippen LogP contribution in [-0.4, -0.2) is 10.7 Å². The molecule has 3 aromatic rings. The van der Waals surface area contributed by atoms with Crippen molar-refractivity contribution in [3.63, 3.8) is 0 Å². The largest absolute Gasteiger partial charge is 0.457 e. The molecular formula is C17H9BrClNO4S. The van der Waals surface area contributed by atoms with Gasteiger partial charge in [0.15, 0.2) is 5.78 Å². The summed E-state index contributed by atoms with van der Waals surface area (Å²) in [5.74, 6) is 0.871. The molecule has 1 aromatic carbocycles. The molecule has 5 nitrogen and oxygen atoms in total. The van der Waals surface area contributed by atoms with E-state index in [2.05, 4.69) is 15.9 Å². The molecule has 0 fully saturated rings. The first-order valence-electron chi connectivity index (χ1n) is 6.96. The number of nitrogens with zero attached hydrogens (tertiary/aromatic N) is 1. The van der Waals surface area contributed by atoms with Crippen molar-refractivity contribution < 1.29 is 14.1 Å². The smallest absolute Gasteiger partial charge is 0.270 e. The van der Waals surface area contributed by atoms with E-state index in [1.807, 2.05) is 0 Å². The minimum absolute atomic E-state index is 0.0116. The third-order valence-corrected chi connectivity index (χ3v) is 5.17. The lowest BCUT2D eigenvalue weighted by molar-refractivity contribution is -0.384. The first-order valence-corrected chi connectivity index (χ1v) is 8.94. The van der Waals surface area contributed by atoms with E-state index in [9.17, 15) is 14.9 Å². The topological polar surface area (TPSA) is 73.3 Å². The molecule has 0 N–H and O–H groups in total. The molecule has 8 heteroatoms. The molecule has 2 heterocycles. The second-order valence-corrected chi connectivity index (χ2v) is 7.49. The molecule has 0 saturated heterocycles. The number of non-ortho nitro benzene ring substituents is 1. The minimum Gasteiger partial charge on any atom is -0.457 e. The Labute approximate surface area is 159 Å². The minimum atomic E-state index is -0.465. The molecule has 126 valence electrons. The number of furan rings is 1. The Balaban J connectivity index is 1.79. The predicted octanol–water partition coefficient (Wildman–Crippen LogP) is 6.23. The van der Waals surface area contributed by atoms with Gasteiger partial charge in [-0.3, -0.25) is 14.9 Å². The van der Waals surface area contributed by atoms with Gasteiger partial charge in [-0.05, 0) is 58.4 Å². The lowest BCUT2D eigenvalue weighted by atomic mass is 10.1. The van der Waals surface area contributed by atoms with Crippen molar-refractivity contribution >= 4 is 56.4 Å². The third kappa shape index (κ3) is 4.07. The van der Waals surface area contributed by atoms with Crippen molar-refractivity contribution in [2.45, 2.75) is 0 Å². The Morgan fingerprint density at radius 2 is 2.04 bits per heavy atom. The fourth-order valence-corrected chi connectivity index (χ4v) is 3.62. The van der Waals surface area contributed by atoms with Gasteiger partial charge in [-0.1, -0.05) is 11.6 Å². The highest BCUT2D eigenvalue weighted by Crippen LogP contribution is 2.32. The monoisotopic (exact) mass is 437 g/mol. The van der Waals surface area contributed by atoms with Crippen LogP contribution in [0.3, 0.4) is 0 Å². The number of nitro groups is 1. The van der Waals surface area contributed by atoms with Crippen LogP contribution in [0.25, 0.3) is 17.4 Å². The maximum atomic E-state index is 12.0. The molecular weight excluding hydrogens is 430 g/mol. The Morgan fingerprint density at radius 1 is 1.24 bits per heavy atom. The molecule has 0 aliphatic rings. The third-order valence-electron chi connectivity index (χ3n) is 3.27. The normalized spacial score (nSPS) is 11.1. The molecule has 3 rings (SSSR count). The number of thiophene rings is 1. The SMILES string of the molecule is O=C(C=Cc1ccc(-c2ccc([N+](=O)[O-])cc2Br)o1)c1ccc(Cl)s1. The van der Waals surface area contributed by atoms with Gasteiger partial charge in [-0.25, -0.2) is 0 Å². The van der Waals surface area contributed by atoms with Crippen molar-refractivity contribution in [1.82, 2.24) is 0 Å². The van der Waals surface area contributed by atoms with Crippen LogP contribution in [0.5, 0.6) is 0 Å². The Morgan fingerprint density at radius 3 is 2.68 bits per heavy atom. The number of nitro benzene ring substituents is 1. The second kappa shape index (κ2) is 7.35. The lowest BCUT2D eigenvalue weighted by Gasteiger charge is -2.00. The van der Waals surface area contributed by atoms with Crippen LogP contribution in [0.1, 0.15) is 15.4 Å². The van der Waals surface area contributed by atoms with Gasteiger partial charge in [-0.2, -0.15) is 0 Å². The average Bonchev–Trinajstić information content (AvgIpc) is 3.21. The van der Waals surface area contributed by atoms with Crippen LogP contribution < -0.4 is 0 Å². The number of carbonyl (C=O) groups is 1. The average molecular weight is 439 g/mol. The molecule has 0 saturated carbocycles. The molecule has 2 aromatic heterocycles. The van der Waals surface area contributed by atoms with Gasteiger partial charge in [0.05, 0.1) is 14.1 Å². The van der Waals surface area contributed by atoms with E-state index in [-0.39, 0.29) is 11.5 Å². The standard InChI is InChI=1S/C17H9BrClNO4S/c18-13-9-10(20(22)23)1-4-12(13)15-6-3-11(24-15)2-5-14(21)16-7-8-17(19)25-16/h1-9H. The van der Waals surface area contributed by atoms with Crippen LogP contribution in [0.2, 0.25) is 4.34 Å². The Bertz CT molecular complexity index is 992. The zero-order valence-corrected chi connectivity index (χ0v) is 15.6. The van der Waals surface area contributed by atoms with Crippen molar-refractivity contribution in [3.05, 3.63) is 78.1 Å². The van der Waals surface area contributed by atoms with E-state index >= 15 is 0 Å². The molecule has 0 bridgehead atoms. The number of hydrogen-bond acceptors (Lipinski definition) is 5. The van der Waals surface area contributed by atoms with Gasteiger partial charge in [0.2, 0.25) is 0 Å². The van der Waals surface area contributed by atoms with Gasteiger partial charge in [0, 0.05) is 22.2 Å². The maximum Gasteiger partial charge on any atom is 0.270 e. The molecule has 0 aliphatic carbocycles. The number of carbonyl (C=O) groups excluding carboxylic acids is 1. The summed E-state index contributed by atoms with van der Waals surface area (Å²) in [6.45, 7) is 0. The number of halogens is 2. The van der Waals surface area contributed by atoms with Gasteiger partial charge < -0.3 is 4.42 Å². The summed E-state index contributed by atoms with van der Waals surface area (Å²) in [4.78, 5) is 22.9. The summed E-state index contributed by atoms with van der Waals surface area (Å²) in [5, 5.41) is 10.8. The summed E-state index contributed by atoms with van der Waals surface area (Å²) in [5.41, 5.74) is 0.670. The zero-order valence-electron chi connectivity index (χ0n) is 12.4. The molecule has 0 spiro atoms. The van der Waals surface area contributed by atoms with Gasteiger partial charge in [-0.15, -0.1) is 11.3 Å². The van der Waals surface area contributed by atoms with E-state index < -0.39 is 4.92 Å². The van der Waals surface area contributed by atoms with Gasteiger partial charge >= 0.3 is 0 Å². The van der Waals surface area contributed by atoms with Crippen LogP contribution in [0.15, 0.2) is 57.4 Å². The lowest BCUT2D eigenvalue weighted by Crippen LogP contribution is -1.88. The number of hydrogen-bond donors (Lipinski definition) is 0. The predicted molar refractivity (Wildman–Crippen MR) is 101 cm³/mol. The van der Waals surface area contributed by atoms with E-state index in [0.717, 1.165) is 0 Å². The molecule has 25 heavy (non-hydrogen) atoms.